The number of hydrogen-bond acceptors (Lipinski definition) is 2. The topological polar surface area (TPSA) is 53.9 Å². The first-order valence-corrected chi connectivity index (χ1v) is 3.22. The minimum absolute atomic E-state index is 0. The van der Waals surface area contributed by atoms with Gasteiger partial charge in [-0.15, -0.1) is 0 Å². The van der Waals surface area contributed by atoms with Crippen molar-refractivity contribution in [1.82, 2.24) is 0 Å². The molecule has 66 valence electrons. The van der Waals surface area contributed by atoms with Crippen molar-refractivity contribution in [2.75, 3.05) is 6.54 Å². The SMILES string of the molecule is CC(C)=C(C)OC(=O)C[NH3+].[Cl-]. The van der Waals surface area contributed by atoms with Crippen molar-refractivity contribution < 1.29 is 27.7 Å². The molecule has 0 aliphatic rings. The molecule has 0 saturated carbocycles. The Kier molecular flexibility index (Phi) is 7.36. The van der Waals surface area contributed by atoms with Gasteiger partial charge in [0.2, 0.25) is 0 Å². The molecule has 0 fully saturated rings. The molecule has 0 aliphatic heterocycles. The first-order valence-electron chi connectivity index (χ1n) is 3.22. The van der Waals surface area contributed by atoms with E-state index in [4.69, 9.17) is 4.74 Å². The molecule has 0 heterocycles. The first kappa shape index (κ1) is 13.1. The Bertz CT molecular complexity index is 162. The van der Waals surface area contributed by atoms with Gasteiger partial charge in [-0.25, -0.2) is 4.79 Å². The quantitative estimate of drug-likeness (QED) is 0.365. The normalized spacial score (nSPS) is 8.00. The zero-order valence-electron chi connectivity index (χ0n) is 7.11. The van der Waals surface area contributed by atoms with E-state index < -0.39 is 0 Å². The molecule has 0 aliphatic carbocycles. The van der Waals surface area contributed by atoms with E-state index >= 15 is 0 Å². The second-order valence-corrected chi connectivity index (χ2v) is 2.28. The van der Waals surface area contributed by atoms with E-state index in [0.717, 1.165) is 5.57 Å². The molecule has 0 bridgehead atoms. The number of carbonyl (C=O) groups is 1. The Morgan fingerprint density at radius 1 is 1.36 bits per heavy atom. The third-order valence-electron chi connectivity index (χ3n) is 1.18. The fourth-order valence-electron chi connectivity index (χ4n) is 0.324. The summed E-state index contributed by atoms with van der Waals surface area (Å²) in [6, 6.07) is 0. The van der Waals surface area contributed by atoms with Crippen LogP contribution in [0, 0.1) is 0 Å². The minimum Gasteiger partial charge on any atom is -1.00 e. The van der Waals surface area contributed by atoms with Crippen LogP contribution in [0.25, 0.3) is 0 Å². The highest BCUT2D eigenvalue weighted by Gasteiger charge is 2.02. The molecule has 0 aromatic rings. The standard InChI is InChI=1S/C7H13NO2.ClH/c1-5(2)6(3)10-7(9)4-8;/h4,8H2,1-3H3;1H. The Balaban J connectivity index is 0. The smallest absolute Gasteiger partial charge is 0.366 e. The van der Waals surface area contributed by atoms with E-state index in [-0.39, 0.29) is 24.9 Å². The Morgan fingerprint density at radius 2 is 1.82 bits per heavy atom. The number of rotatable bonds is 2. The molecule has 0 atom stereocenters. The summed E-state index contributed by atoms with van der Waals surface area (Å²) in [7, 11) is 0. The number of allylic oxidation sites excluding steroid dienone is 2. The van der Waals surface area contributed by atoms with Crippen molar-refractivity contribution in [3.63, 3.8) is 0 Å². The van der Waals surface area contributed by atoms with Gasteiger partial charge in [-0.2, -0.15) is 0 Å². The molecule has 3 N–H and O–H groups in total. The lowest BCUT2D eigenvalue weighted by molar-refractivity contribution is -0.359. The van der Waals surface area contributed by atoms with Crippen molar-refractivity contribution in [3.05, 3.63) is 11.3 Å². The number of halogens is 1. The van der Waals surface area contributed by atoms with E-state index in [1.807, 2.05) is 13.8 Å². The van der Waals surface area contributed by atoms with Gasteiger partial charge in [-0.05, 0) is 26.3 Å². The molecule has 3 nitrogen and oxygen atoms in total. The monoisotopic (exact) mass is 179 g/mol. The van der Waals surface area contributed by atoms with Gasteiger partial charge in [0.1, 0.15) is 5.76 Å². The van der Waals surface area contributed by atoms with Crippen LogP contribution in [0.15, 0.2) is 11.3 Å². The zero-order chi connectivity index (χ0) is 8.15. The maximum Gasteiger partial charge on any atom is 0.366 e. The van der Waals surface area contributed by atoms with E-state index in [2.05, 4.69) is 5.73 Å². The lowest BCUT2D eigenvalue weighted by atomic mass is 10.3. The number of esters is 1. The third-order valence-corrected chi connectivity index (χ3v) is 1.18. The van der Waals surface area contributed by atoms with Crippen LogP contribution in [-0.2, 0) is 9.53 Å². The lowest BCUT2D eigenvalue weighted by Gasteiger charge is -2.01. The van der Waals surface area contributed by atoms with Crippen LogP contribution >= 0.6 is 0 Å². The Hall–Kier alpha value is -0.540. The summed E-state index contributed by atoms with van der Waals surface area (Å²) < 4.78 is 4.84. The fourth-order valence-corrected chi connectivity index (χ4v) is 0.324. The van der Waals surface area contributed by atoms with Crippen molar-refractivity contribution in [2.45, 2.75) is 20.8 Å². The number of ether oxygens (including phenoxy) is 1. The van der Waals surface area contributed by atoms with Crippen LogP contribution in [0.5, 0.6) is 0 Å². The molecule has 0 radical (unpaired) electrons. The summed E-state index contributed by atoms with van der Waals surface area (Å²) in [4.78, 5) is 10.6. The van der Waals surface area contributed by atoms with Crippen molar-refractivity contribution >= 4 is 5.97 Å². The molecule has 0 unspecified atom stereocenters. The fraction of sp³-hybridized carbons (Fsp3) is 0.571. The summed E-state index contributed by atoms with van der Waals surface area (Å²) >= 11 is 0. The number of carbonyl (C=O) groups excluding carboxylic acids is 1. The van der Waals surface area contributed by atoms with E-state index in [1.165, 1.54) is 0 Å². The Labute approximate surface area is 73.0 Å². The van der Waals surface area contributed by atoms with Gasteiger partial charge in [0.15, 0.2) is 6.54 Å². The van der Waals surface area contributed by atoms with E-state index in [0.29, 0.717) is 5.76 Å². The highest BCUT2D eigenvalue weighted by atomic mass is 35.5. The summed E-state index contributed by atoms with van der Waals surface area (Å²) in [5.41, 5.74) is 4.42. The molecule has 0 rings (SSSR count). The van der Waals surface area contributed by atoms with Crippen LogP contribution in [0.3, 0.4) is 0 Å². The maximum absolute atomic E-state index is 10.6. The molecule has 0 saturated heterocycles. The van der Waals surface area contributed by atoms with E-state index in [9.17, 15) is 4.79 Å². The zero-order valence-corrected chi connectivity index (χ0v) is 7.86. The predicted octanol–water partition coefficient (Wildman–Crippen LogP) is -2.91. The maximum atomic E-state index is 10.6. The van der Waals surface area contributed by atoms with Crippen LogP contribution in [0.4, 0.5) is 0 Å². The van der Waals surface area contributed by atoms with Gasteiger partial charge in [0, 0.05) is 0 Å². The van der Waals surface area contributed by atoms with Crippen LogP contribution in [-0.4, -0.2) is 12.5 Å². The molecular weight excluding hydrogens is 166 g/mol. The van der Waals surface area contributed by atoms with Gasteiger partial charge in [0.25, 0.3) is 0 Å². The lowest BCUT2D eigenvalue weighted by Crippen LogP contribution is -3.00. The van der Waals surface area contributed by atoms with Gasteiger partial charge in [0.05, 0.1) is 0 Å². The van der Waals surface area contributed by atoms with Crippen molar-refractivity contribution in [3.8, 4) is 0 Å². The molecule has 0 aromatic heterocycles. The molecular formula is C7H14ClNO2. The van der Waals surface area contributed by atoms with Crippen molar-refractivity contribution in [1.29, 1.82) is 0 Å². The second-order valence-electron chi connectivity index (χ2n) is 2.28. The largest absolute Gasteiger partial charge is 1.00 e. The van der Waals surface area contributed by atoms with E-state index in [1.54, 1.807) is 6.92 Å². The first-order chi connectivity index (χ1) is 4.57. The van der Waals surface area contributed by atoms with Gasteiger partial charge in [-0.1, -0.05) is 0 Å². The van der Waals surface area contributed by atoms with Gasteiger partial charge in [-0.3, -0.25) is 0 Å². The summed E-state index contributed by atoms with van der Waals surface area (Å²) in [5.74, 6) is 0.396. The van der Waals surface area contributed by atoms with Crippen molar-refractivity contribution in [2.24, 2.45) is 0 Å². The second kappa shape index (κ2) is 6.19. The van der Waals surface area contributed by atoms with Crippen LogP contribution in [0.1, 0.15) is 20.8 Å². The minimum atomic E-state index is -0.279. The van der Waals surface area contributed by atoms with Crippen LogP contribution < -0.4 is 18.1 Å². The average molecular weight is 180 g/mol. The van der Waals surface area contributed by atoms with Gasteiger partial charge >= 0.3 is 5.97 Å². The molecule has 11 heavy (non-hydrogen) atoms. The average Bonchev–Trinajstić information content (AvgIpc) is 1.87. The Morgan fingerprint density at radius 3 is 2.09 bits per heavy atom. The molecule has 0 spiro atoms. The van der Waals surface area contributed by atoms with Gasteiger partial charge < -0.3 is 22.9 Å². The highest BCUT2D eigenvalue weighted by Crippen LogP contribution is 2.02. The van der Waals surface area contributed by atoms with Crippen LogP contribution in [0.2, 0.25) is 0 Å². The predicted molar refractivity (Wildman–Crippen MR) is 37.9 cm³/mol. The molecule has 0 amide bonds. The summed E-state index contributed by atoms with van der Waals surface area (Å²) in [5, 5.41) is 0. The number of quaternary nitrogens is 1. The summed E-state index contributed by atoms with van der Waals surface area (Å²) in [6.07, 6.45) is 0. The summed E-state index contributed by atoms with van der Waals surface area (Å²) in [6.45, 7) is 5.74. The molecule has 4 heteroatoms. The highest BCUT2D eigenvalue weighted by molar-refractivity contribution is 5.71. The number of hydrogen-bond donors (Lipinski definition) is 1. The molecule has 0 aromatic carbocycles. The third kappa shape index (κ3) is 5.88.